The van der Waals surface area contributed by atoms with Gasteiger partial charge in [-0.2, -0.15) is 5.10 Å². The van der Waals surface area contributed by atoms with Crippen LogP contribution in [0.2, 0.25) is 0 Å². The fraction of sp³-hybridized carbons (Fsp3) is 0.727. The van der Waals surface area contributed by atoms with E-state index in [1.165, 1.54) is 0 Å². The van der Waals surface area contributed by atoms with Crippen LogP contribution in [0, 0.1) is 5.92 Å². The van der Waals surface area contributed by atoms with Crippen LogP contribution in [0.25, 0.3) is 0 Å². The quantitative estimate of drug-likeness (QED) is 0.845. The molecule has 5 nitrogen and oxygen atoms in total. The molecule has 0 spiro atoms. The van der Waals surface area contributed by atoms with Crippen molar-refractivity contribution in [3.8, 4) is 0 Å². The van der Waals surface area contributed by atoms with Gasteiger partial charge in [-0.05, 0) is 31.2 Å². The average molecular weight is 258 g/mol. The molecule has 1 atom stereocenters. The van der Waals surface area contributed by atoms with Crippen molar-refractivity contribution >= 4 is 9.84 Å². The minimum atomic E-state index is -2.84. The van der Waals surface area contributed by atoms with Gasteiger partial charge in [0.15, 0.2) is 9.84 Å². The summed E-state index contributed by atoms with van der Waals surface area (Å²) in [6.07, 6.45) is 2.39. The van der Waals surface area contributed by atoms with Crippen LogP contribution in [0.3, 0.4) is 0 Å². The van der Waals surface area contributed by atoms with Gasteiger partial charge >= 0.3 is 0 Å². The minimum Gasteiger partial charge on any atom is -0.390 e. The Bertz CT molecular complexity index is 493. The van der Waals surface area contributed by atoms with Crippen molar-refractivity contribution in [1.29, 1.82) is 0 Å². The van der Waals surface area contributed by atoms with E-state index in [-0.39, 0.29) is 18.3 Å². The number of aliphatic hydroxyl groups is 1. The summed E-state index contributed by atoms with van der Waals surface area (Å²) in [5.74, 6) is 0.779. The second kappa shape index (κ2) is 4.78. The van der Waals surface area contributed by atoms with E-state index < -0.39 is 9.84 Å². The number of nitrogens with zero attached hydrogens (tertiary/aromatic N) is 2. The lowest BCUT2D eigenvalue weighted by Gasteiger charge is -2.20. The Hall–Kier alpha value is -0.880. The van der Waals surface area contributed by atoms with Crippen LogP contribution in [-0.2, 0) is 29.9 Å². The van der Waals surface area contributed by atoms with Gasteiger partial charge in [0, 0.05) is 7.05 Å². The third-order valence-corrected chi connectivity index (χ3v) is 5.13. The monoisotopic (exact) mass is 258 g/mol. The SMILES string of the molecule is Cn1nc(CC2CCCS(=O)(=O)C2)cc1CO. The molecule has 1 aromatic rings. The Morgan fingerprint density at radius 2 is 2.35 bits per heavy atom. The van der Waals surface area contributed by atoms with Crippen LogP contribution in [0.4, 0.5) is 0 Å². The molecule has 1 unspecified atom stereocenters. The maximum absolute atomic E-state index is 11.5. The molecule has 0 amide bonds. The van der Waals surface area contributed by atoms with E-state index in [2.05, 4.69) is 5.10 Å². The third-order valence-electron chi connectivity index (χ3n) is 3.24. The Balaban J connectivity index is 2.05. The standard InChI is InChI=1S/C11H18N2O3S/c1-13-11(7-14)6-10(12-13)5-9-3-2-4-17(15,16)8-9/h6,9,14H,2-5,7-8H2,1H3. The third kappa shape index (κ3) is 3.07. The van der Waals surface area contributed by atoms with Crippen LogP contribution >= 0.6 is 0 Å². The number of aliphatic hydroxyl groups excluding tert-OH is 1. The predicted molar refractivity (Wildman–Crippen MR) is 64.2 cm³/mol. The van der Waals surface area contributed by atoms with Crippen molar-refractivity contribution in [2.75, 3.05) is 11.5 Å². The van der Waals surface area contributed by atoms with E-state index in [0.717, 1.165) is 24.2 Å². The molecule has 2 heterocycles. The Morgan fingerprint density at radius 3 is 2.94 bits per heavy atom. The molecule has 0 bridgehead atoms. The van der Waals surface area contributed by atoms with Crippen LogP contribution < -0.4 is 0 Å². The summed E-state index contributed by atoms with van der Waals surface area (Å²) in [6.45, 7) is -0.0353. The zero-order valence-corrected chi connectivity index (χ0v) is 10.8. The molecule has 2 rings (SSSR count). The van der Waals surface area contributed by atoms with Crippen molar-refractivity contribution in [3.05, 3.63) is 17.5 Å². The first kappa shape index (κ1) is 12.6. The summed E-state index contributed by atoms with van der Waals surface area (Å²) in [7, 11) is -1.06. The molecule has 1 fully saturated rings. The van der Waals surface area contributed by atoms with E-state index in [0.29, 0.717) is 12.2 Å². The van der Waals surface area contributed by atoms with E-state index in [4.69, 9.17) is 5.11 Å². The lowest BCUT2D eigenvalue weighted by Crippen LogP contribution is -2.26. The highest BCUT2D eigenvalue weighted by Gasteiger charge is 2.25. The summed E-state index contributed by atoms with van der Waals surface area (Å²) < 4.78 is 24.7. The molecular formula is C11H18N2O3S. The first-order valence-electron chi connectivity index (χ1n) is 5.83. The molecule has 0 aliphatic carbocycles. The highest BCUT2D eigenvalue weighted by molar-refractivity contribution is 7.91. The maximum Gasteiger partial charge on any atom is 0.150 e. The number of hydrogen-bond acceptors (Lipinski definition) is 4. The normalized spacial score (nSPS) is 23.8. The van der Waals surface area contributed by atoms with E-state index in [1.54, 1.807) is 11.7 Å². The second-order valence-corrected chi connectivity index (χ2v) is 6.96. The van der Waals surface area contributed by atoms with E-state index in [9.17, 15) is 8.42 Å². The number of aryl methyl sites for hydroxylation is 1. The molecule has 17 heavy (non-hydrogen) atoms. The summed E-state index contributed by atoms with van der Waals surface area (Å²) in [5.41, 5.74) is 1.64. The summed E-state index contributed by atoms with van der Waals surface area (Å²) in [4.78, 5) is 0. The topological polar surface area (TPSA) is 72.2 Å². The van der Waals surface area contributed by atoms with Crippen LogP contribution in [0.15, 0.2) is 6.07 Å². The summed E-state index contributed by atoms with van der Waals surface area (Å²) >= 11 is 0. The van der Waals surface area contributed by atoms with Crippen molar-refractivity contribution in [2.24, 2.45) is 13.0 Å². The van der Waals surface area contributed by atoms with Crippen LogP contribution in [0.5, 0.6) is 0 Å². The van der Waals surface area contributed by atoms with Crippen molar-refractivity contribution in [3.63, 3.8) is 0 Å². The average Bonchev–Trinajstić information content (AvgIpc) is 2.57. The molecule has 0 radical (unpaired) electrons. The van der Waals surface area contributed by atoms with Gasteiger partial charge in [-0.1, -0.05) is 0 Å². The molecule has 1 N–H and O–H groups in total. The number of rotatable bonds is 3. The zero-order valence-electron chi connectivity index (χ0n) is 9.96. The number of hydrogen-bond donors (Lipinski definition) is 1. The van der Waals surface area contributed by atoms with Crippen LogP contribution in [0.1, 0.15) is 24.2 Å². The van der Waals surface area contributed by atoms with Gasteiger partial charge in [-0.15, -0.1) is 0 Å². The fourth-order valence-electron chi connectivity index (χ4n) is 2.39. The molecule has 1 saturated heterocycles. The highest BCUT2D eigenvalue weighted by Crippen LogP contribution is 2.22. The van der Waals surface area contributed by atoms with Gasteiger partial charge in [-0.25, -0.2) is 8.42 Å². The lowest BCUT2D eigenvalue weighted by atomic mass is 9.99. The smallest absolute Gasteiger partial charge is 0.150 e. The molecule has 0 saturated carbocycles. The first-order valence-corrected chi connectivity index (χ1v) is 7.65. The van der Waals surface area contributed by atoms with Crippen LogP contribution in [-0.4, -0.2) is 34.8 Å². The number of sulfone groups is 1. The molecule has 0 aromatic carbocycles. The Morgan fingerprint density at radius 1 is 1.59 bits per heavy atom. The Labute approximate surface area is 101 Å². The first-order chi connectivity index (χ1) is 8.00. The van der Waals surface area contributed by atoms with E-state index in [1.807, 2.05) is 6.07 Å². The minimum absolute atomic E-state index is 0.0353. The second-order valence-electron chi connectivity index (χ2n) is 4.74. The summed E-state index contributed by atoms with van der Waals surface area (Å²) in [6, 6.07) is 1.85. The predicted octanol–water partition coefficient (Wildman–Crippen LogP) is 0.280. The molecule has 1 aliphatic rings. The number of aromatic nitrogens is 2. The fourth-order valence-corrected chi connectivity index (χ4v) is 4.17. The molecular weight excluding hydrogens is 240 g/mol. The van der Waals surface area contributed by atoms with Gasteiger partial charge in [0.05, 0.1) is 29.5 Å². The van der Waals surface area contributed by atoms with Gasteiger partial charge in [-0.3, -0.25) is 4.68 Å². The maximum atomic E-state index is 11.5. The van der Waals surface area contributed by atoms with E-state index >= 15 is 0 Å². The van der Waals surface area contributed by atoms with Crippen molar-refractivity contribution < 1.29 is 13.5 Å². The van der Waals surface area contributed by atoms with Crippen molar-refractivity contribution in [2.45, 2.75) is 25.9 Å². The van der Waals surface area contributed by atoms with Gasteiger partial charge in [0.2, 0.25) is 0 Å². The Kier molecular flexibility index (Phi) is 3.53. The summed E-state index contributed by atoms with van der Waals surface area (Å²) in [5, 5.41) is 13.3. The zero-order chi connectivity index (χ0) is 12.5. The van der Waals surface area contributed by atoms with Crippen molar-refractivity contribution in [1.82, 2.24) is 9.78 Å². The van der Waals surface area contributed by atoms with Gasteiger partial charge in [0.1, 0.15) is 0 Å². The van der Waals surface area contributed by atoms with Gasteiger partial charge < -0.3 is 5.11 Å². The highest BCUT2D eigenvalue weighted by atomic mass is 32.2. The molecule has 1 aromatic heterocycles. The lowest BCUT2D eigenvalue weighted by molar-refractivity contribution is 0.270. The largest absolute Gasteiger partial charge is 0.390 e. The molecule has 6 heteroatoms. The van der Waals surface area contributed by atoms with Gasteiger partial charge in [0.25, 0.3) is 0 Å². The molecule has 96 valence electrons. The molecule has 1 aliphatic heterocycles.